The van der Waals surface area contributed by atoms with Gasteiger partial charge in [0.1, 0.15) is 0 Å². The molecule has 0 radical (unpaired) electrons. The number of hydrogen-bond acceptors (Lipinski definition) is 0. The topological polar surface area (TPSA) is 0 Å². The van der Waals surface area contributed by atoms with E-state index in [2.05, 4.69) is 32.2 Å². The lowest BCUT2D eigenvalue weighted by Gasteiger charge is -2.47. The van der Waals surface area contributed by atoms with E-state index in [1.807, 2.05) is 0 Å². The normalized spacial score (nSPS) is 31.4. The van der Waals surface area contributed by atoms with E-state index in [-0.39, 0.29) is 0 Å². The summed E-state index contributed by atoms with van der Waals surface area (Å²) in [5.74, 6) is 2.64. The molecule has 0 heterocycles. The standard InChI is InChI=1S/C20H34/c1-4-10-19(18-13-11-17(5-2)12-14-18)20(6-3)15-8-7-9-16-20/h5-6,17-19H,2-4,7-16H2,1H3. The average molecular weight is 274 g/mol. The van der Waals surface area contributed by atoms with Gasteiger partial charge in [0.25, 0.3) is 0 Å². The molecule has 1 unspecified atom stereocenters. The SMILES string of the molecule is C=CC1CCC(C(CCC)C2(C=C)CCCCC2)CC1. The molecule has 0 amide bonds. The zero-order chi connectivity index (χ0) is 14.4. The Morgan fingerprint density at radius 1 is 1.05 bits per heavy atom. The van der Waals surface area contributed by atoms with E-state index in [4.69, 9.17) is 0 Å². The lowest BCUT2D eigenvalue weighted by molar-refractivity contribution is 0.0676. The van der Waals surface area contributed by atoms with Crippen molar-refractivity contribution >= 4 is 0 Å². The molecular weight excluding hydrogens is 240 g/mol. The Morgan fingerprint density at radius 3 is 2.20 bits per heavy atom. The van der Waals surface area contributed by atoms with Crippen molar-refractivity contribution in [1.29, 1.82) is 0 Å². The van der Waals surface area contributed by atoms with E-state index in [0.29, 0.717) is 5.41 Å². The molecule has 2 rings (SSSR count). The lowest BCUT2D eigenvalue weighted by atomic mass is 9.58. The molecule has 2 saturated carbocycles. The van der Waals surface area contributed by atoms with E-state index in [0.717, 1.165) is 17.8 Å². The largest absolute Gasteiger partial charge is 0.103 e. The second-order valence-electron chi connectivity index (χ2n) is 7.30. The third-order valence-corrected chi connectivity index (χ3v) is 6.25. The maximum atomic E-state index is 4.27. The van der Waals surface area contributed by atoms with Gasteiger partial charge in [0, 0.05) is 0 Å². The van der Waals surface area contributed by atoms with E-state index < -0.39 is 0 Å². The van der Waals surface area contributed by atoms with Crippen LogP contribution in [0.5, 0.6) is 0 Å². The minimum absolute atomic E-state index is 0.472. The molecule has 1 atom stereocenters. The minimum atomic E-state index is 0.472. The van der Waals surface area contributed by atoms with Crippen LogP contribution in [0.25, 0.3) is 0 Å². The number of hydrogen-bond donors (Lipinski definition) is 0. The Hall–Kier alpha value is -0.520. The lowest BCUT2D eigenvalue weighted by Crippen LogP contribution is -2.37. The molecule has 0 bridgehead atoms. The van der Waals surface area contributed by atoms with Gasteiger partial charge in [-0.15, -0.1) is 13.2 Å². The molecule has 2 aliphatic rings. The first-order valence-corrected chi connectivity index (χ1v) is 9.02. The van der Waals surface area contributed by atoms with Crippen molar-refractivity contribution in [3.63, 3.8) is 0 Å². The second kappa shape index (κ2) is 7.48. The van der Waals surface area contributed by atoms with Crippen molar-refractivity contribution in [3.05, 3.63) is 25.3 Å². The fourth-order valence-electron chi connectivity index (χ4n) is 5.02. The van der Waals surface area contributed by atoms with Crippen LogP contribution in [0, 0.1) is 23.2 Å². The third-order valence-electron chi connectivity index (χ3n) is 6.25. The van der Waals surface area contributed by atoms with Crippen molar-refractivity contribution in [2.45, 2.75) is 77.6 Å². The predicted octanol–water partition coefficient (Wildman–Crippen LogP) is 6.53. The number of allylic oxidation sites excluding steroid dienone is 2. The quantitative estimate of drug-likeness (QED) is 0.483. The van der Waals surface area contributed by atoms with Crippen molar-refractivity contribution in [2.75, 3.05) is 0 Å². The first-order valence-electron chi connectivity index (χ1n) is 9.02. The monoisotopic (exact) mass is 274 g/mol. The molecule has 0 aromatic heterocycles. The summed E-state index contributed by atoms with van der Waals surface area (Å²) in [5, 5.41) is 0. The maximum absolute atomic E-state index is 4.27. The Labute approximate surface area is 126 Å². The number of rotatable bonds is 6. The van der Waals surface area contributed by atoms with Crippen LogP contribution in [-0.2, 0) is 0 Å². The second-order valence-corrected chi connectivity index (χ2v) is 7.30. The molecule has 0 aromatic rings. The first kappa shape index (κ1) is 15.9. The highest BCUT2D eigenvalue weighted by atomic mass is 14.5. The van der Waals surface area contributed by atoms with Gasteiger partial charge in [-0.05, 0) is 68.1 Å². The summed E-state index contributed by atoms with van der Waals surface area (Å²) in [6.45, 7) is 10.6. The van der Waals surface area contributed by atoms with Crippen molar-refractivity contribution < 1.29 is 0 Å². The van der Waals surface area contributed by atoms with Crippen molar-refractivity contribution in [2.24, 2.45) is 23.2 Å². The van der Waals surface area contributed by atoms with Gasteiger partial charge in [-0.2, -0.15) is 0 Å². The first-order chi connectivity index (χ1) is 9.75. The van der Waals surface area contributed by atoms with Gasteiger partial charge in [0.2, 0.25) is 0 Å². The zero-order valence-electron chi connectivity index (χ0n) is 13.6. The van der Waals surface area contributed by atoms with Gasteiger partial charge in [-0.1, -0.05) is 44.8 Å². The fraction of sp³-hybridized carbons (Fsp3) is 0.800. The minimum Gasteiger partial charge on any atom is -0.103 e. The zero-order valence-corrected chi connectivity index (χ0v) is 13.6. The smallest absolute Gasteiger partial charge is 0.00900 e. The molecule has 0 aliphatic heterocycles. The van der Waals surface area contributed by atoms with Gasteiger partial charge < -0.3 is 0 Å². The highest BCUT2D eigenvalue weighted by molar-refractivity contribution is 5.03. The maximum Gasteiger partial charge on any atom is -0.00900 e. The Morgan fingerprint density at radius 2 is 1.70 bits per heavy atom. The van der Waals surface area contributed by atoms with Crippen LogP contribution in [0.1, 0.15) is 77.6 Å². The average Bonchev–Trinajstić information content (AvgIpc) is 2.53. The fourth-order valence-corrected chi connectivity index (χ4v) is 5.02. The molecule has 2 aliphatic carbocycles. The Bertz CT molecular complexity index is 300. The molecule has 0 heteroatoms. The van der Waals surface area contributed by atoms with Crippen molar-refractivity contribution in [3.8, 4) is 0 Å². The molecule has 2 fully saturated rings. The molecule has 0 nitrogen and oxygen atoms in total. The van der Waals surface area contributed by atoms with E-state index >= 15 is 0 Å². The summed E-state index contributed by atoms with van der Waals surface area (Å²) in [5.41, 5.74) is 0.472. The van der Waals surface area contributed by atoms with Crippen LogP contribution < -0.4 is 0 Å². The predicted molar refractivity (Wildman–Crippen MR) is 89.8 cm³/mol. The molecule has 0 N–H and O–H groups in total. The van der Waals surface area contributed by atoms with Gasteiger partial charge >= 0.3 is 0 Å². The molecule has 0 aromatic carbocycles. The van der Waals surface area contributed by atoms with Crippen molar-refractivity contribution in [1.82, 2.24) is 0 Å². The molecular formula is C20H34. The summed E-state index contributed by atoms with van der Waals surface area (Å²) in [4.78, 5) is 0. The summed E-state index contributed by atoms with van der Waals surface area (Å²) in [7, 11) is 0. The van der Waals surface area contributed by atoms with Gasteiger partial charge in [-0.25, -0.2) is 0 Å². The summed E-state index contributed by atoms with van der Waals surface area (Å²) >= 11 is 0. The Kier molecular flexibility index (Phi) is 5.93. The molecule has 0 saturated heterocycles. The summed E-state index contributed by atoms with van der Waals surface area (Å²) < 4.78 is 0. The van der Waals surface area contributed by atoms with Crippen LogP contribution >= 0.6 is 0 Å². The van der Waals surface area contributed by atoms with E-state index in [1.165, 1.54) is 70.6 Å². The summed E-state index contributed by atoms with van der Waals surface area (Å²) in [6, 6.07) is 0. The third kappa shape index (κ3) is 3.38. The van der Waals surface area contributed by atoms with Gasteiger partial charge in [0.05, 0.1) is 0 Å². The molecule has 20 heavy (non-hydrogen) atoms. The van der Waals surface area contributed by atoms with E-state index in [1.54, 1.807) is 0 Å². The molecule has 114 valence electrons. The van der Waals surface area contributed by atoms with Crippen LogP contribution in [0.15, 0.2) is 25.3 Å². The summed E-state index contributed by atoms with van der Waals surface area (Å²) in [6.07, 6.45) is 20.0. The van der Waals surface area contributed by atoms with Crippen LogP contribution in [0.3, 0.4) is 0 Å². The van der Waals surface area contributed by atoms with Crippen LogP contribution in [0.4, 0.5) is 0 Å². The van der Waals surface area contributed by atoms with E-state index in [9.17, 15) is 0 Å². The highest BCUT2D eigenvalue weighted by Crippen LogP contribution is 2.51. The van der Waals surface area contributed by atoms with Crippen LogP contribution in [0.2, 0.25) is 0 Å². The van der Waals surface area contributed by atoms with Gasteiger partial charge in [0.15, 0.2) is 0 Å². The van der Waals surface area contributed by atoms with Crippen LogP contribution in [-0.4, -0.2) is 0 Å². The Balaban J connectivity index is 2.09. The molecule has 0 spiro atoms. The van der Waals surface area contributed by atoms with Gasteiger partial charge in [-0.3, -0.25) is 0 Å². The highest BCUT2D eigenvalue weighted by Gasteiger charge is 2.41.